The van der Waals surface area contributed by atoms with Gasteiger partial charge in [-0.25, -0.2) is 0 Å². The second-order valence-corrected chi connectivity index (χ2v) is 4.42. The zero-order chi connectivity index (χ0) is 13.8. The minimum Gasteiger partial charge on any atom is -0.395 e. The summed E-state index contributed by atoms with van der Waals surface area (Å²) in [7, 11) is 0. The van der Waals surface area contributed by atoms with Crippen molar-refractivity contribution in [1.82, 2.24) is 4.90 Å². The number of alkyl halides is 3. The van der Waals surface area contributed by atoms with Crippen molar-refractivity contribution >= 4 is 0 Å². The standard InChI is InChI=1S/C13H18F3NO/c1-10-4-3-5-11(2)12(10)8-17(6-7-18)9-13(14,15)16/h3-5,18H,6-9H2,1-2H3. The molecule has 0 aromatic heterocycles. The molecule has 102 valence electrons. The smallest absolute Gasteiger partial charge is 0.395 e. The third-order valence-corrected chi connectivity index (χ3v) is 2.85. The van der Waals surface area contributed by atoms with Gasteiger partial charge in [0.1, 0.15) is 0 Å². The zero-order valence-corrected chi connectivity index (χ0v) is 10.6. The molecule has 0 aliphatic rings. The van der Waals surface area contributed by atoms with Crippen LogP contribution in [0.5, 0.6) is 0 Å². The van der Waals surface area contributed by atoms with Crippen molar-refractivity contribution in [3.8, 4) is 0 Å². The molecule has 0 aliphatic heterocycles. The molecule has 0 aliphatic carbocycles. The molecule has 0 radical (unpaired) electrons. The maximum Gasteiger partial charge on any atom is 0.401 e. The Balaban J connectivity index is 2.83. The molecular formula is C13H18F3NO. The fourth-order valence-electron chi connectivity index (χ4n) is 1.93. The van der Waals surface area contributed by atoms with Crippen molar-refractivity contribution < 1.29 is 18.3 Å². The predicted molar refractivity (Wildman–Crippen MR) is 64.3 cm³/mol. The Morgan fingerprint density at radius 2 is 1.72 bits per heavy atom. The topological polar surface area (TPSA) is 23.5 Å². The first kappa shape index (κ1) is 15.0. The second kappa shape index (κ2) is 6.20. The number of aliphatic hydroxyl groups is 1. The number of aryl methyl sites for hydroxylation is 2. The third kappa shape index (κ3) is 4.66. The molecule has 0 amide bonds. The summed E-state index contributed by atoms with van der Waals surface area (Å²) in [5.74, 6) is 0. The van der Waals surface area contributed by atoms with Crippen molar-refractivity contribution in [3.63, 3.8) is 0 Å². The molecule has 0 fully saturated rings. The molecule has 0 saturated heterocycles. The van der Waals surface area contributed by atoms with Gasteiger partial charge in [0, 0.05) is 13.1 Å². The lowest BCUT2D eigenvalue weighted by Gasteiger charge is -2.24. The molecule has 0 bridgehead atoms. The molecule has 0 heterocycles. The lowest BCUT2D eigenvalue weighted by atomic mass is 10.0. The summed E-state index contributed by atoms with van der Waals surface area (Å²) in [6.07, 6.45) is -4.24. The van der Waals surface area contributed by atoms with E-state index < -0.39 is 12.7 Å². The quantitative estimate of drug-likeness (QED) is 0.880. The molecule has 2 nitrogen and oxygen atoms in total. The van der Waals surface area contributed by atoms with Crippen molar-refractivity contribution in [1.29, 1.82) is 0 Å². The monoisotopic (exact) mass is 261 g/mol. The molecule has 0 saturated carbocycles. The summed E-state index contributed by atoms with van der Waals surface area (Å²) < 4.78 is 37.2. The third-order valence-electron chi connectivity index (χ3n) is 2.85. The number of aliphatic hydroxyl groups excluding tert-OH is 1. The van der Waals surface area contributed by atoms with Crippen LogP contribution in [0, 0.1) is 13.8 Å². The van der Waals surface area contributed by atoms with Crippen LogP contribution in [0.1, 0.15) is 16.7 Å². The lowest BCUT2D eigenvalue weighted by Crippen LogP contribution is -2.36. The number of hydrogen-bond acceptors (Lipinski definition) is 2. The molecule has 0 unspecified atom stereocenters. The van der Waals surface area contributed by atoms with Crippen molar-refractivity contribution in [3.05, 3.63) is 34.9 Å². The van der Waals surface area contributed by atoms with Gasteiger partial charge < -0.3 is 5.11 Å². The molecule has 1 N–H and O–H groups in total. The van der Waals surface area contributed by atoms with Crippen LogP contribution in [0.25, 0.3) is 0 Å². The summed E-state index contributed by atoms with van der Waals surface area (Å²) in [4.78, 5) is 1.22. The van der Waals surface area contributed by atoms with Gasteiger partial charge in [0.05, 0.1) is 13.2 Å². The van der Waals surface area contributed by atoms with Crippen LogP contribution >= 0.6 is 0 Å². The summed E-state index contributed by atoms with van der Waals surface area (Å²) in [5.41, 5.74) is 2.84. The Morgan fingerprint density at radius 1 is 1.17 bits per heavy atom. The van der Waals surface area contributed by atoms with Gasteiger partial charge in [-0.05, 0) is 30.5 Å². The summed E-state index contributed by atoms with van der Waals surface area (Å²) in [6, 6.07) is 5.65. The van der Waals surface area contributed by atoms with E-state index in [2.05, 4.69) is 0 Å². The molecule has 1 rings (SSSR count). The maximum atomic E-state index is 12.4. The lowest BCUT2D eigenvalue weighted by molar-refractivity contribution is -0.148. The van der Waals surface area contributed by atoms with Crippen LogP contribution in [-0.4, -0.2) is 35.9 Å². The molecule has 0 spiro atoms. The number of benzene rings is 1. The number of halogens is 3. The second-order valence-electron chi connectivity index (χ2n) is 4.42. The number of hydrogen-bond donors (Lipinski definition) is 1. The van der Waals surface area contributed by atoms with Crippen molar-refractivity contribution in [2.45, 2.75) is 26.6 Å². The van der Waals surface area contributed by atoms with Gasteiger partial charge in [0.25, 0.3) is 0 Å². The highest BCUT2D eigenvalue weighted by atomic mass is 19.4. The Kier molecular flexibility index (Phi) is 5.16. The predicted octanol–water partition coefficient (Wildman–Crippen LogP) is 2.66. The fourth-order valence-corrected chi connectivity index (χ4v) is 1.93. The highest BCUT2D eigenvalue weighted by Gasteiger charge is 2.30. The maximum absolute atomic E-state index is 12.4. The molecule has 1 aromatic carbocycles. The average molecular weight is 261 g/mol. The summed E-state index contributed by atoms with van der Waals surface area (Å²) in [6.45, 7) is 2.72. The van der Waals surface area contributed by atoms with E-state index >= 15 is 0 Å². The summed E-state index contributed by atoms with van der Waals surface area (Å²) >= 11 is 0. The molecule has 0 atom stereocenters. The summed E-state index contributed by atoms with van der Waals surface area (Å²) in [5, 5.41) is 8.84. The van der Waals surface area contributed by atoms with E-state index in [4.69, 9.17) is 5.11 Å². The molecule has 1 aromatic rings. The van der Waals surface area contributed by atoms with Crippen LogP contribution in [0.3, 0.4) is 0 Å². The van der Waals surface area contributed by atoms with E-state index in [9.17, 15) is 13.2 Å². The fraction of sp³-hybridized carbons (Fsp3) is 0.538. The minimum absolute atomic E-state index is 0.0211. The number of nitrogens with zero attached hydrogens (tertiary/aromatic N) is 1. The van der Waals surface area contributed by atoms with Crippen molar-refractivity contribution in [2.24, 2.45) is 0 Å². The van der Waals surface area contributed by atoms with Crippen LogP contribution in [0.2, 0.25) is 0 Å². The van der Waals surface area contributed by atoms with Gasteiger partial charge in [-0.15, -0.1) is 0 Å². The van der Waals surface area contributed by atoms with Gasteiger partial charge in [0.2, 0.25) is 0 Å². The minimum atomic E-state index is -4.24. The first-order valence-electron chi connectivity index (χ1n) is 5.78. The van der Waals surface area contributed by atoms with E-state index in [1.54, 1.807) is 0 Å². The highest BCUT2D eigenvalue weighted by Crippen LogP contribution is 2.20. The Hall–Kier alpha value is -1.07. The van der Waals surface area contributed by atoms with Crippen LogP contribution < -0.4 is 0 Å². The highest BCUT2D eigenvalue weighted by molar-refractivity contribution is 5.33. The Morgan fingerprint density at radius 3 is 2.17 bits per heavy atom. The van der Waals surface area contributed by atoms with Crippen LogP contribution in [0.15, 0.2) is 18.2 Å². The molecule has 5 heteroatoms. The van der Waals surface area contributed by atoms with E-state index in [1.807, 2.05) is 32.0 Å². The van der Waals surface area contributed by atoms with E-state index in [0.717, 1.165) is 16.7 Å². The van der Waals surface area contributed by atoms with E-state index in [0.29, 0.717) is 0 Å². The SMILES string of the molecule is Cc1cccc(C)c1CN(CCO)CC(F)(F)F. The van der Waals surface area contributed by atoms with E-state index in [1.165, 1.54) is 4.90 Å². The van der Waals surface area contributed by atoms with Gasteiger partial charge >= 0.3 is 6.18 Å². The van der Waals surface area contributed by atoms with E-state index in [-0.39, 0.29) is 19.7 Å². The van der Waals surface area contributed by atoms with Gasteiger partial charge in [-0.3, -0.25) is 4.90 Å². The van der Waals surface area contributed by atoms with Gasteiger partial charge in [-0.1, -0.05) is 18.2 Å². The zero-order valence-electron chi connectivity index (χ0n) is 10.6. The molecular weight excluding hydrogens is 243 g/mol. The first-order valence-corrected chi connectivity index (χ1v) is 5.78. The Labute approximate surface area is 105 Å². The van der Waals surface area contributed by atoms with Crippen LogP contribution in [-0.2, 0) is 6.54 Å². The van der Waals surface area contributed by atoms with Gasteiger partial charge in [0.15, 0.2) is 0 Å². The number of rotatable bonds is 5. The normalized spacial score (nSPS) is 12.2. The average Bonchev–Trinajstić information content (AvgIpc) is 2.21. The van der Waals surface area contributed by atoms with Gasteiger partial charge in [-0.2, -0.15) is 13.2 Å². The Bertz CT molecular complexity index is 370. The first-order chi connectivity index (χ1) is 8.33. The molecule has 18 heavy (non-hydrogen) atoms. The largest absolute Gasteiger partial charge is 0.401 e. The van der Waals surface area contributed by atoms with Crippen molar-refractivity contribution in [2.75, 3.05) is 19.7 Å². The van der Waals surface area contributed by atoms with Crippen LogP contribution in [0.4, 0.5) is 13.2 Å².